The molecule has 1 nitrogen and oxygen atoms in total. The minimum absolute atomic E-state index is 0.410. The Morgan fingerprint density at radius 2 is 2.15 bits per heavy atom. The second-order valence-corrected chi connectivity index (χ2v) is 3.05. The van der Waals surface area contributed by atoms with Gasteiger partial charge in [0, 0.05) is 5.02 Å². The fourth-order valence-electron chi connectivity index (χ4n) is 0.882. The summed E-state index contributed by atoms with van der Waals surface area (Å²) >= 11 is 5.66. The summed E-state index contributed by atoms with van der Waals surface area (Å²) in [5.74, 6) is 0.410. The molecule has 0 radical (unpaired) electrons. The van der Waals surface area contributed by atoms with Crippen molar-refractivity contribution in [3.05, 3.63) is 28.8 Å². The van der Waals surface area contributed by atoms with Crippen molar-refractivity contribution in [2.24, 2.45) is 0 Å². The highest BCUT2D eigenvalue weighted by Crippen LogP contribution is 2.22. The molecular weight excluding hydrogens is 198 g/mol. The minimum atomic E-state index is -2.46. The first kappa shape index (κ1) is 10.3. The lowest BCUT2D eigenvalue weighted by Gasteiger charge is -2.08. The van der Waals surface area contributed by atoms with Crippen LogP contribution in [0.3, 0.4) is 0 Å². The molecule has 0 saturated heterocycles. The third kappa shape index (κ3) is 3.19. The Labute approximate surface area is 80.3 Å². The van der Waals surface area contributed by atoms with Crippen LogP contribution in [0.1, 0.15) is 5.56 Å². The van der Waals surface area contributed by atoms with Crippen LogP contribution in [0.15, 0.2) is 18.2 Å². The molecular formula is C9H9ClF2O. The Morgan fingerprint density at radius 3 is 2.77 bits per heavy atom. The normalized spacial score (nSPS) is 10.5. The maximum Gasteiger partial charge on any atom is 0.272 e. The summed E-state index contributed by atoms with van der Waals surface area (Å²) < 4.78 is 28.4. The highest BCUT2D eigenvalue weighted by molar-refractivity contribution is 6.30. The molecule has 0 aliphatic rings. The molecule has 0 amide bonds. The molecule has 4 heteroatoms. The summed E-state index contributed by atoms with van der Waals surface area (Å²) in [4.78, 5) is 0. The molecule has 0 unspecified atom stereocenters. The van der Waals surface area contributed by atoms with Crippen LogP contribution in [0.25, 0.3) is 0 Å². The average molecular weight is 207 g/mol. The van der Waals surface area contributed by atoms with E-state index in [2.05, 4.69) is 0 Å². The van der Waals surface area contributed by atoms with Crippen molar-refractivity contribution < 1.29 is 13.5 Å². The summed E-state index contributed by atoms with van der Waals surface area (Å²) in [5, 5.41) is 0.481. The Bertz CT molecular complexity index is 289. The molecule has 72 valence electrons. The number of alkyl halides is 2. The zero-order valence-electron chi connectivity index (χ0n) is 7.06. The summed E-state index contributed by atoms with van der Waals surface area (Å²) in [6, 6.07) is 4.94. The highest BCUT2D eigenvalue weighted by Gasteiger charge is 2.05. The lowest BCUT2D eigenvalue weighted by atomic mass is 10.2. The Kier molecular flexibility index (Phi) is 3.48. The first-order valence-electron chi connectivity index (χ1n) is 3.76. The summed E-state index contributed by atoms with van der Waals surface area (Å²) in [5.41, 5.74) is 0.796. The Morgan fingerprint density at radius 1 is 1.46 bits per heavy atom. The number of aryl methyl sites for hydroxylation is 1. The van der Waals surface area contributed by atoms with Crippen molar-refractivity contribution in [3.63, 3.8) is 0 Å². The van der Waals surface area contributed by atoms with E-state index in [4.69, 9.17) is 16.3 Å². The smallest absolute Gasteiger partial charge is 0.272 e. The molecule has 1 rings (SSSR count). The zero-order chi connectivity index (χ0) is 9.84. The van der Waals surface area contributed by atoms with Crippen molar-refractivity contribution in [2.45, 2.75) is 13.3 Å². The highest BCUT2D eigenvalue weighted by atomic mass is 35.5. The maximum atomic E-state index is 11.8. The molecule has 0 N–H and O–H groups in total. The van der Waals surface area contributed by atoms with E-state index in [0.717, 1.165) is 5.56 Å². The third-order valence-electron chi connectivity index (χ3n) is 1.52. The number of halogens is 3. The van der Waals surface area contributed by atoms with Crippen molar-refractivity contribution in [1.29, 1.82) is 0 Å². The third-order valence-corrected chi connectivity index (χ3v) is 1.75. The van der Waals surface area contributed by atoms with E-state index in [1.54, 1.807) is 19.1 Å². The number of hydrogen-bond donors (Lipinski definition) is 0. The van der Waals surface area contributed by atoms with Gasteiger partial charge in [-0.25, -0.2) is 8.78 Å². The Hall–Kier alpha value is -0.830. The lowest BCUT2D eigenvalue weighted by Crippen LogP contribution is -2.07. The summed E-state index contributed by atoms with van der Waals surface area (Å²) in [6.45, 7) is 1.18. The second-order valence-electron chi connectivity index (χ2n) is 2.61. The minimum Gasteiger partial charge on any atom is -0.487 e. The van der Waals surface area contributed by atoms with E-state index >= 15 is 0 Å². The SMILES string of the molecule is Cc1ccc(Cl)cc1OCC(F)F. The van der Waals surface area contributed by atoms with Gasteiger partial charge in [-0.2, -0.15) is 0 Å². The summed E-state index contributed by atoms with van der Waals surface area (Å²) in [6.07, 6.45) is -2.46. The van der Waals surface area contributed by atoms with E-state index in [9.17, 15) is 8.78 Å². The van der Waals surface area contributed by atoms with Gasteiger partial charge in [0.15, 0.2) is 0 Å². The van der Waals surface area contributed by atoms with Crippen LogP contribution in [-0.2, 0) is 0 Å². The largest absolute Gasteiger partial charge is 0.487 e. The molecule has 0 aliphatic heterocycles. The van der Waals surface area contributed by atoms with Crippen LogP contribution in [0, 0.1) is 6.92 Å². The van der Waals surface area contributed by atoms with Gasteiger partial charge in [-0.3, -0.25) is 0 Å². The second kappa shape index (κ2) is 4.42. The predicted octanol–water partition coefficient (Wildman–Crippen LogP) is 3.29. The first-order chi connectivity index (χ1) is 6.09. The van der Waals surface area contributed by atoms with Crippen LogP contribution in [-0.4, -0.2) is 13.0 Å². The van der Waals surface area contributed by atoms with Gasteiger partial charge in [0.2, 0.25) is 0 Å². The van der Waals surface area contributed by atoms with E-state index in [-0.39, 0.29) is 0 Å². The quantitative estimate of drug-likeness (QED) is 0.738. The molecule has 0 saturated carbocycles. The zero-order valence-corrected chi connectivity index (χ0v) is 7.81. The van der Waals surface area contributed by atoms with Gasteiger partial charge in [0.25, 0.3) is 6.43 Å². The van der Waals surface area contributed by atoms with Crippen LogP contribution >= 0.6 is 11.6 Å². The van der Waals surface area contributed by atoms with E-state index < -0.39 is 13.0 Å². The van der Waals surface area contributed by atoms with E-state index in [0.29, 0.717) is 10.8 Å². The molecule has 0 fully saturated rings. The predicted molar refractivity (Wildman–Crippen MR) is 47.7 cm³/mol. The van der Waals surface area contributed by atoms with Crippen molar-refractivity contribution >= 4 is 11.6 Å². The lowest BCUT2D eigenvalue weighted by molar-refractivity contribution is 0.0816. The molecule has 1 aromatic rings. The molecule has 0 heterocycles. The number of benzene rings is 1. The molecule has 1 aromatic carbocycles. The van der Waals surface area contributed by atoms with Gasteiger partial charge in [0.1, 0.15) is 12.4 Å². The topological polar surface area (TPSA) is 9.23 Å². The molecule has 0 bridgehead atoms. The molecule has 13 heavy (non-hydrogen) atoms. The molecule has 0 aliphatic carbocycles. The fraction of sp³-hybridized carbons (Fsp3) is 0.333. The number of ether oxygens (including phenoxy) is 1. The first-order valence-corrected chi connectivity index (χ1v) is 4.14. The molecule has 0 atom stereocenters. The van der Waals surface area contributed by atoms with Crippen LogP contribution in [0.2, 0.25) is 5.02 Å². The van der Waals surface area contributed by atoms with Crippen LogP contribution < -0.4 is 4.74 Å². The van der Waals surface area contributed by atoms with Crippen LogP contribution in [0.4, 0.5) is 8.78 Å². The van der Waals surface area contributed by atoms with Crippen molar-refractivity contribution in [3.8, 4) is 5.75 Å². The summed E-state index contributed by atoms with van der Waals surface area (Å²) in [7, 11) is 0. The fourth-order valence-corrected chi connectivity index (χ4v) is 1.04. The maximum absolute atomic E-state index is 11.8. The number of hydrogen-bond acceptors (Lipinski definition) is 1. The molecule has 0 aromatic heterocycles. The van der Waals surface area contributed by atoms with Crippen LogP contribution in [0.5, 0.6) is 5.75 Å². The van der Waals surface area contributed by atoms with Gasteiger partial charge in [-0.05, 0) is 24.6 Å². The van der Waals surface area contributed by atoms with E-state index in [1.807, 2.05) is 0 Å². The number of rotatable bonds is 3. The standard InChI is InChI=1S/C9H9ClF2O/c1-6-2-3-7(10)4-8(6)13-5-9(11)12/h2-4,9H,5H2,1H3. The monoisotopic (exact) mass is 206 g/mol. The van der Waals surface area contributed by atoms with Gasteiger partial charge in [-0.15, -0.1) is 0 Å². The van der Waals surface area contributed by atoms with Gasteiger partial charge in [-0.1, -0.05) is 17.7 Å². The van der Waals surface area contributed by atoms with Crippen molar-refractivity contribution in [1.82, 2.24) is 0 Å². The van der Waals surface area contributed by atoms with Gasteiger partial charge in [0.05, 0.1) is 0 Å². The van der Waals surface area contributed by atoms with E-state index in [1.165, 1.54) is 6.07 Å². The van der Waals surface area contributed by atoms with Gasteiger partial charge >= 0.3 is 0 Å². The average Bonchev–Trinajstić information content (AvgIpc) is 2.06. The van der Waals surface area contributed by atoms with Gasteiger partial charge < -0.3 is 4.74 Å². The van der Waals surface area contributed by atoms with Crippen molar-refractivity contribution in [2.75, 3.05) is 6.61 Å². The molecule has 0 spiro atoms. The Balaban J connectivity index is 2.70.